The zero-order valence-corrected chi connectivity index (χ0v) is 18.9. The molecule has 0 radical (unpaired) electrons. The zero-order valence-electron chi connectivity index (χ0n) is 18.9. The molecule has 1 atom stereocenters. The van der Waals surface area contributed by atoms with Gasteiger partial charge < -0.3 is 25.0 Å². The van der Waals surface area contributed by atoms with E-state index in [2.05, 4.69) is 10.6 Å². The molecule has 8 nitrogen and oxygen atoms in total. The smallest absolute Gasteiger partial charge is 0.255 e. The first kappa shape index (κ1) is 22.8. The highest BCUT2D eigenvalue weighted by Gasteiger charge is 2.35. The van der Waals surface area contributed by atoms with E-state index < -0.39 is 5.92 Å². The Morgan fingerprint density at radius 2 is 1.65 bits per heavy atom. The van der Waals surface area contributed by atoms with Crippen LogP contribution in [0.3, 0.4) is 0 Å². The van der Waals surface area contributed by atoms with E-state index in [-0.39, 0.29) is 24.1 Å². The monoisotopic (exact) mass is 459 g/mol. The van der Waals surface area contributed by atoms with Gasteiger partial charge in [0.15, 0.2) is 0 Å². The molecule has 0 spiro atoms. The SMILES string of the molecule is COc1ccc(OC)c(NC(=O)c2ccc(NC(=O)C3CC(=O)N(c4ccccc4)C3)cc2)c1. The molecule has 34 heavy (non-hydrogen) atoms. The van der Waals surface area contributed by atoms with Crippen LogP contribution in [0.25, 0.3) is 0 Å². The molecule has 3 aromatic carbocycles. The fraction of sp³-hybridized carbons (Fsp3) is 0.192. The third-order valence-electron chi connectivity index (χ3n) is 5.63. The maximum atomic E-state index is 12.7. The number of rotatable bonds is 7. The largest absolute Gasteiger partial charge is 0.497 e. The van der Waals surface area contributed by atoms with Crippen LogP contribution in [-0.2, 0) is 9.59 Å². The van der Waals surface area contributed by atoms with Crippen LogP contribution in [0.15, 0.2) is 72.8 Å². The molecule has 1 heterocycles. The highest BCUT2D eigenvalue weighted by atomic mass is 16.5. The number of amides is 3. The molecule has 0 saturated carbocycles. The van der Waals surface area contributed by atoms with Gasteiger partial charge in [-0.2, -0.15) is 0 Å². The second kappa shape index (κ2) is 10.1. The molecular formula is C26H25N3O5. The summed E-state index contributed by atoms with van der Waals surface area (Å²) >= 11 is 0. The molecule has 4 rings (SSSR count). The second-order valence-electron chi connectivity index (χ2n) is 7.83. The molecule has 174 valence electrons. The molecule has 1 saturated heterocycles. The lowest BCUT2D eigenvalue weighted by Crippen LogP contribution is -2.28. The summed E-state index contributed by atoms with van der Waals surface area (Å²) in [5.41, 5.74) is 2.23. The van der Waals surface area contributed by atoms with Crippen LogP contribution in [-0.4, -0.2) is 38.5 Å². The Labute approximate surface area is 197 Å². The lowest BCUT2D eigenvalue weighted by atomic mass is 10.1. The van der Waals surface area contributed by atoms with Crippen LogP contribution in [0, 0.1) is 5.92 Å². The minimum Gasteiger partial charge on any atom is -0.497 e. The van der Waals surface area contributed by atoms with E-state index in [1.54, 1.807) is 54.5 Å². The first-order chi connectivity index (χ1) is 16.5. The molecule has 1 aliphatic heterocycles. The number of nitrogens with one attached hydrogen (secondary N) is 2. The van der Waals surface area contributed by atoms with E-state index in [1.165, 1.54) is 7.11 Å². The summed E-state index contributed by atoms with van der Waals surface area (Å²) in [6.07, 6.45) is 0.156. The fourth-order valence-electron chi connectivity index (χ4n) is 3.80. The van der Waals surface area contributed by atoms with Crippen molar-refractivity contribution >= 4 is 34.8 Å². The van der Waals surface area contributed by atoms with Gasteiger partial charge in [-0.15, -0.1) is 0 Å². The molecule has 2 N–H and O–H groups in total. The maximum Gasteiger partial charge on any atom is 0.255 e. The van der Waals surface area contributed by atoms with E-state index in [1.807, 2.05) is 30.3 Å². The van der Waals surface area contributed by atoms with Gasteiger partial charge in [-0.05, 0) is 48.5 Å². The van der Waals surface area contributed by atoms with Crippen molar-refractivity contribution < 1.29 is 23.9 Å². The number of ether oxygens (including phenoxy) is 2. The molecule has 0 aromatic heterocycles. The van der Waals surface area contributed by atoms with Gasteiger partial charge in [0.1, 0.15) is 11.5 Å². The third kappa shape index (κ3) is 5.01. The molecule has 1 unspecified atom stereocenters. The first-order valence-corrected chi connectivity index (χ1v) is 10.8. The molecule has 1 fully saturated rings. The zero-order chi connectivity index (χ0) is 24.1. The topological polar surface area (TPSA) is 97.0 Å². The van der Waals surface area contributed by atoms with E-state index >= 15 is 0 Å². The summed E-state index contributed by atoms with van der Waals surface area (Å²) in [6, 6.07) is 21.0. The number of benzene rings is 3. The highest BCUT2D eigenvalue weighted by molar-refractivity contribution is 6.06. The third-order valence-corrected chi connectivity index (χ3v) is 5.63. The minimum atomic E-state index is -0.448. The van der Waals surface area contributed by atoms with Crippen molar-refractivity contribution in [3.8, 4) is 11.5 Å². The predicted octanol–water partition coefficient (Wildman–Crippen LogP) is 3.95. The number of para-hydroxylation sites is 1. The Kier molecular flexibility index (Phi) is 6.77. The first-order valence-electron chi connectivity index (χ1n) is 10.8. The molecular weight excluding hydrogens is 434 g/mol. The van der Waals surface area contributed by atoms with Gasteiger partial charge in [0, 0.05) is 36.0 Å². The van der Waals surface area contributed by atoms with Crippen molar-refractivity contribution in [3.63, 3.8) is 0 Å². The van der Waals surface area contributed by atoms with Crippen molar-refractivity contribution in [2.45, 2.75) is 6.42 Å². The summed E-state index contributed by atoms with van der Waals surface area (Å²) < 4.78 is 10.5. The maximum absolute atomic E-state index is 12.7. The summed E-state index contributed by atoms with van der Waals surface area (Å²) in [5, 5.41) is 5.65. The van der Waals surface area contributed by atoms with Gasteiger partial charge in [-0.1, -0.05) is 18.2 Å². The van der Waals surface area contributed by atoms with E-state index in [4.69, 9.17) is 9.47 Å². The van der Waals surface area contributed by atoms with Gasteiger partial charge in [0.05, 0.1) is 25.8 Å². The Balaban J connectivity index is 1.38. The molecule has 3 amide bonds. The van der Waals surface area contributed by atoms with Crippen molar-refractivity contribution in [1.82, 2.24) is 0 Å². The lowest BCUT2D eigenvalue weighted by Gasteiger charge is -2.16. The van der Waals surface area contributed by atoms with Gasteiger partial charge >= 0.3 is 0 Å². The van der Waals surface area contributed by atoms with Gasteiger partial charge in [0.2, 0.25) is 11.8 Å². The number of hydrogen-bond donors (Lipinski definition) is 2. The number of nitrogens with zero attached hydrogens (tertiary/aromatic N) is 1. The van der Waals surface area contributed by atoms with Crippen molar-refractivity contribution in [2.24, 2.45) is 5.92 Å². The van der Waals surface area contributed by atoms with Crippen molar-refractivity contribution in [1.29, 1.82) is 0 Å². The predicted molar refractivity (Wildman–Crippen MR) is 129 cm³/mol. The number of anilines is 3. The van der Waals surface area contributed by atoms with Crippen molar-refractivity contribution in [2.75, 3.05) is 36.3 Å². The van der Waals surface area contributed by atoms with E-state index in [9.17, 15) is 14.4 Å². The quantitative estimate of drug-likeness (QED) is 0.558. The van der Waals surface area contributed by atoms with Crippen LogP contribution >= 0.6 is 0 Å². The molecule has 1 aliphatic rings. The minimum absolute atomic E-state index is 0.0775. The Hall–Kier alpha value is -4.33. The van der Waals surface area contributed by atoms with Crippen LogP contribution in [0.2, 0.25) is 0 Å². The van der Waals surface area contributed by atoms with Gasteiger partial charge in [-0.3, -0.25) is 14.4 Å². The van der Waals surface area contributed by atoms with Crippen LogP contribution < -0.4 is 25.0 Å². The van der Waals surface area contributed by atoms with Crippen LogP contribution in [0.1, 0.15) is 16.8 Å². The average Bonchev–Trinajstić information content (AvgIpc) is 3.26. The summed E-state index contributed by atoms with van der Waals surface area (Å²) in [6.45, 7) is 0.331. The summed E-state index contributed by atoms with van der Waals surface area (Å²) in [4.78, 5) is 39.4. The Bertz CT molecular complexity index is 1190. The standard InChI is InChI=1S/C26H25N3O5/c1-33-21-12-13-23(34-2)22(15-21)28-25(31)17-8-10-19(11-9-17)27-26(32)18-14-24(30)29(16-18)20-6-4-3-5-7-20/h3-13,15,18H,14,16H2,1-2H3,(H,27,32)(H,28,31). The normalized spacial score (nSPS) is 15.1. The Morgan fingerprint density at radius 3 is 2.32 bits per heavy atom. The summed E-state index contributed by atoms with van der Waals surface area (Å²) in [7, 11) is 3.06. The fourth-order valence-corrected chi connectivity index (χ4v) is 3.80. The van der Waals surface area contributed by atoms with Crippen LogP contribution in [0.5, 0.6) is 11.5 Å². The van der Waals surface area contributed by atoms with Gasteiger partial charge in [0.25, 0.3) is 5.91 Å². The number of carbonyl (C=O) groups is 3. The second-order valence-corrected chi connectivity index (χ2v) is 7.83. The molecule has 0 aliphatic carbocycles. The Morgan fingerprint density at radius 1 is 0.912 bits per heavy atom. The van der Waals surface area contributed by atoms with Crippen LogP contribution in [0.4, 0.5) is 17.1 Å². The average molecular weight is 460 g/mol. The number of methoxy groups -OCH3 is 2. The molecule has 3 aromatic rings. The highest BCUT2D eigenvalue weighted by Crippen LogP contribution is 2.29. The summed E-state index contributed by atoms with van der Waals surface area (Å²) in [5.74, 6) is 0.0102. The number of hydrogen-bond acceptors (Lipinski definition) is 5. The van der Waals surface area contributed by atoms with E-state index in [0.29, 0.717) is 35.0 Å². The van der Waals surface area contributed by atoms with Gasteiger partial charge in [-0.25, -0.2) is 0 Å². The molecule has 0 bridgehead atoms. The van der Waals surface area contributed by atoms with Crippen molar-refractivity contribution in [3.05, 3.63) is 78.4 Å². The lowest BCUT2D eigenvalue weighted by molar-refractivity contribution is -0.122. The molecule has 8 heteroatoms. The van der Waals surface area contributed by atoms with E-state index in [0.717, 1.165) is 5.69 Å². The number of carbonyl (C=O) groups excluding carboxylic acids is 3.